The van der Waals surface area contributed by atoms with Crippen LogP contribution in [0.3, 0.4) is 0 Å². The third-order valence-corrected chi connectivity index (χ3v) is 2.86. The lowest BCUT2D eigenvalue weighted by Gasteiger charge is -2.38. The minimum absolute atomic E-state index is 0.0251. The van der Waals surface area contributed by atoms with E-state index in [1.807, 2.05) is 0 Å². The second-order valence-electron chi connectivity index (χ2n) is 4.29. The van der Waals surface area contributed by atoms with E-state index in [4.69, 9.17) is 5.11 Å². The Hall–Kier alpha value is -2.18. The van der Waals surface area contributed by atoms with E-state index in [0.717, 1.165) is 0 Å². The molecule has 1 aromatic heterocycles. The summed E-state index contributed by atoms with van der Waals surface area (Å²) in [5.41, 5.74) is -0.464. The molecule has 1 aliphatic heterocycles. The Labute approximate surface area is 103 Å². The number of aliphatic carboxylic acids is 1. The van der Waals surface area contributed by atoms with Crippen molar-refractivity contribution in [1.29, 1.82) is 0 Å². The van der Waals surface area contributed by atoms with Crippen molar-refractivity contribution in [3.8, 4) is 0 Å². The molecule has 7 nitrogen and oxygen atoms in total. The largest absolute Gasteiger partial charge is 0.481 e. The number of carbonyl (C=O) groups excluding carboxylic acids is 1. The number of carboxylic acid groups (broad SMARTS) is 1. The molecule has 1 aliphatic rings. The molecule has 18 heavy (non-hydrogen) atoms. The number of hydrogen-bond donors (Lipinski definition) is 1. The van der Waals surface area contributed by atoms with Crippen LogP contribution in [0, 0.1) is 5.92 Å². The summed E-state index contributed by atoms with van der Waals surface area (Å²) in [6.45, 7) is 0.840. The van der Waals surface area contributed by atoms with Gasteiger partial charge in [-0.25, -0.2) is 9.78 Å². The van der Waals surface area contributed by atoms with Crippen LogP contribution in [0.2, 0.25) is 0 Å². The number of rotatable bonds is 4. The van der Waals surface area contributed by atoms with Crippen molar-refractivity contribution in [2.75, 3.05) is 13.1 Å². The lowest BCUT2D eigenvalue weighted by molar-refractivity contribution is -0.145. The third-order valence-electron chi connectivity index (χ3n) is 2.86. The zero-order valence-electron chi connectivity index (χ0n) is 9.65. The maximum Gasteiger partial charge on any atom is 0.347 e. The van der Waals surface area contributed by atoms with Gasteiger partial charge in [0.05, 0.1) is 6.42 Å². The summed E-state index contributed by atoms with van der Waals surface area (Å²) in [5, 5.41) is 8.59. The van der Waals surface area contributed by atoms with Crippen molar-refractivity contribution < 1.29 is 14.7 Å². The van der Waals surface area contributed by atoms with Gasteiger partial charge in [0.1, 0.15) is 6.54 Å². The van der Waals surface area contributed by atoms with E-state index >= 15 is 0 Å². The summed E-state index contributed by atoms with van der Waals surface area (Å²) in [4.78, 5) is 38.6. The molecule has 1 N–H and O–H groups in total. The molecular weight excluding hydrogens is 238 g/mol. The molecule has 2 rings (SSSR count). The van der Waals surface area contributed by atoms with Gasteiger partial charge in [-0.2, -0.15) is 0 Å². The van der Waals surface area contributed by atoms with Gasteiger partial charge in [0, 0.05) is 31.4 Å². The molecule has 0 radical (unpaired) electrons. The predicted octanol–water partition coefficient (Wildman–Crippen LogP) is -0.824. The standard InChI is InChI=1S/C11H13N3O4/c15-9(7-13-3-1-2-12-11(13)18)14-5-8(6-14)4-10(16)17/h1-3,8H,4-7H2,(H,16,17). The molecule has 96 valence electrons. The lowest BCUT2D eigenvalue weighted by atomic mass is 9.96. The first-order chi connectivity index (χ1) is 8.56. The number of carbonyl (C=O) groups is 2. The van der Waals surface area contributed by atoms with Gasteiger partial charge < -0.3 is 10.0 Å². The summed E-state index contributed by atoms with van der Waals surface area (Å²) in [5.74, 6) is -1.01. The van der Waals surface area contributed by atoms with E-state index in [0.29, 0.717) is 13.1 Å². The van der Waals surface area contributed by atoms with Crippen LogP contribution in [0.25, 0.3) is 0 Å². The van der Waals surface area contributed by atoms with E-state index in [1.165, 1.54) is 17.0 Å². The van der Waals surface area contributed by atoms with Crippen LogP contribution >= 0.6 is 0 Å². The Morgan fingerprint density at radius 2 is 2.17 bits per heavy atom. The number of nitrogens with zero attached hydrogens (tertiary/aromatic N) is 3. The highest BCUT2D eigenvalue weighted by atomic mass is 16.4. The maximum absolute atomic E-state index is 11.8. The van der Waals surface area contributed by atoms with Gasteiger partial charge in [-0.1, -0.05) is 0 Å². The van der Waals surface area contributed by atoms with Crippen LogP contribution in [0.4, 0.5) is 0 Å². The average Bonchev–Trinajstić information content (AvgIpc) is 2.25. The molecule has 0 saturated carbocycles. The fraction of sp³-hybridized carbons (Fsp3) is 0.455. The molecule has 1 aromatic rings. The number of carboxylic acids is 1. The first-order valence-electron chi connectivity index (χ1n) is 5.57. The van der Waals surface area contributed by atoms with Gasteiger partial charge in [-0.05, 0) is 6.07 Å². The van der Waals surface area contributed by atoms with Gasteiger partial charge in [-0.15, -0.1) is 0 Å². The van der Waals surface area contributed by atoms with Crippen molar-refractivity contribution in [3.05, 3.63) is 28.9 Å². The van der Waals surface area contributed by atoms with E-state index in [1.54, 1.807) is 11.0 Å². The summed E-state index contributed by atoms with van der Waals surface area (Å²) in [6, 6.07) is 1.58. The molecule has 0 atom stereocenters. The highest BCUT2D eigenvalue weighted by molar-refractivity contribution is 5.77. The molecule has 1 amide bonds. The smallest absolute Gasteiger partial charge is 0.347 e. The monoisotopic (exact) mass is 251 g/mol. The summed E-state index contributed by atoms with van der Waals surface area (Å²) in [7, 11) is 0. The molecule has 0 unspecified atom stereocenters. The Morgan fingerprint density at radius 1 is 1.44 bits per heavy atom. The van der Waals surface area contributed by atoms with Crippen LogP contribution in [-0.2, 0) is 16.1 Å². The molecule has 0 aromatic carbocycles. The Morgan fingerprint density at radius 3 is 2.78 bits per heavy atom. The van der Waals surface area contributed by atoms with Crippen LogP contribution < -0.4 is 5.69 Å². The number of likely N-dealkylation sites (tertiary alicyclic amines) is 1. The van der Waals surface area contributed by atoms with Crippen molar-refractivity contribution in [2.45, 2.75) is 13.0 Å². The molecule has 0 bridgehead atoms. The van der Waals surface area contributed by atoms with E-state index in [-0.39, 0.29) is 24.8 Å². The first-order valence-corrected chi connectivity index (χ1v) is 5.57. The van der Waals surface area contributed by atoms with Gasteiger partial charge in [0.2, 0.25) is 5.91 Å². The van der Waals surface area contributed by atoms with Crippen LogP contribution in [0.15, 0.2) is 23.3 Å². The van der Waals surface area contributed by atoms with Crippen molar-refractivity contribution in [1.82, 2.24) is 14.5 Å². The van der Waals surface area contributed by atoms with E-state index < -0.39 is 11.7 Å². The fourth-order valence-electron chi connectivity index (χ4n) is 1.90. The van der Waals surface area contributed by atoms with Crippen LogP contribution in [0.1, 0.15) is 6.42 Å². The summed E-state index contributed by atoms with van der Waals surface area (Å²) >= 11 is 0. The number of amides is 1. The molecule has 2 heterocycles. The summed E-state index contributed by atoms with van der Waals surface area (Å²) < 4.78 is 1.23. The van der Waals surface area contributed by atoms with Crippen molar-refractivity contribution in [2.24, 2.45) is 5.92 Å². The SMILES string of the molecule is O=C(O)CC1CN(C(=O)Cn2cccnc2=O)C1. The highest BCUT2D eigenvalue weighted by Gasteiger charge is 2.31. The zero-order chi connectivity index (χ0) is 13.1. The van der Waals surface area contributed by atoms with Crippen LogP contribution in [0.5, 0.6) is 0 Å². The third kappa shape index (κ3) is 2.73. The normalized spacial score (nSPS) is 15.2. The summed E-state index contributed by atoms with van der Waals surface area (Å²) in [6.07, 6.45) is 2.95. The molecule has 0 aliphatic carbocycles. The van der Waals surface area contributed by atoms with Gasteiger partial charge >= 0.3 is 11.7 Å². The van der Waals surface area contributed by atoms with Crippen molar-refractivity contribution >= 4 is 11.9 Å². The van der Waals surface area contributed by atoms with Gasteiger partial charge in [-0.3, -0.25) is 14.2 Å². The molecule has 7 heteroatoms. The Kier molecular flexibility index (Phi) is 3.40. The second-order valence-corrected chi connectivity index (χ2v) is 4.29. The molecule has 1 saturated heterocycles. The van der Waals surface area contributed by atoms with E-state index in [9.17, 15) is 14.4 Å². The Bertz CT molecular complexity index is 519. The predicted molar refractivity (Wildman–Crippen MR) is 60.8 cm³/mol. The zero-order valence-corrected chi connectivity index (χ0v) is 9.65. The maximum atomic E-state index is 11.8. The fourth-order valence-corrected chi connectivity index (χ4v) is 1.90. The topological polar surface area (TPSA) is 92.5 Å². The van der Waals surface area contributed by atoms with E-state index in [2.05, 4.69) is 4.98 Å². The second kappa shape index (κ2) is 4.99. The minimum Gasteiger partial charge on any atom is -0.481 e. The molecular formula is C11H13N3O4. The minimum atomic E-state index is -0.851. The quantitative estimate of drug-likeness (QED) is 0.754. The molecule has 0 spiro atoms. The number of aromatic nitrogens is 2. The lowest BCUT2D eigenvalue weighted by Crippen LogP contribution is -2.52. The highest BCUT2D eigenvalue weighted by Crippen LogP contribution is 2.19. The Balaban J connectivity index is 1.86. The van der Waals surface area contributed by atoms with Crippen molar-refractivity contribution in [3.63, 3.8) is 0 Å². The average molecular weight is 251 g/mol. The first kappa shape index (κ1) is 12.3. The van der Waals surface area contributed by atoms with Gasteiger partial charge in [0.15, 0.2) is 0 Å². The molecule has 1 fully saturated rings. The van der Waals surface area contributed by atoms with Crippen LogP contribution in [-0.4, -0.2) is 44.5 Å². The van der Waals surface area contributed by atoms with Gasteiger partial charge in [0.25, 0.3) is 0 Å². The number of hydrogen-bond acceptors (Lipinski definition) is 4.